The molecule has 0 unspecified atom stereocenters. The van der Waals surface area contributed by atoms with Crippen molar-refractivity contribution < 1.29 is 0 Å². The Balaban J connectivity index is 1.45. The van der Waals surface area contributed by atoms with E-state index in [0.717, 1.165) is 18.1 Å². The van der Waals surface area contributed by atoms with Crippen molar-refractivity contribution in [1.29, 1.82) is 0 Å². The summed E-state index contributed by atoms with van der Waals surface area (Å²) in [6.07, 6.45) is 11.6. The van der Waals surface area contributed by atoms with Crippen LogP contribution in [0, 0.1) is 0 Å². The second-order valence-electron chi connectivity index (χ2n) is 5.71. The Morgan fingerprint density at radius 3 is 2.27 bits per heavy atom. The van der Waals surface area contributed by atoms with Crippen LogP contribution in [0.15, 0.2) is 0 Å². The zero-order valence-corrected chi connectivity index (χ0v) is 9.75. The first-order valence-electron chi connectivity index (χ1n) is 6.92. The first-order valence-corrected chi connectivity index (χ1v) is 6.92. The van der Waals surface area contributed by atoms with Crippen molar-refractivity contribution in [2.75, 3.05) is 13.1 Å². The van der Waals surface area contributed by atoms with Gasteiger partial charge in [-0.3, -0.25) is 4.90 Å². The molecule has 2 heteroatoms. The van der Waals surface area contributed by atoms with E-state index in [1.807, 2.05) is 0 Å². The molecule has 2 saturated carbocycles. The van der Waals surface area contributed by atoms with Crippen molar-refractivity contribution in [1.82, 2.24) is 10.2 Å². The highest BCUT2D eigenvalue weighted by Gasteiger charge is 2.31. The van der Waals surface area contributed by atoms with E-state index in [2.05, 4.69) is 10.2 Å². The molecule has 15 heavy (non-hydrogen) atoms. The Kier molecular flexibility index (Phi) is 2.98. The first kappa shape index (κ1) is 10.1. The zero-order valence-electron chi connectivity index (χ0n) is 9.75. The van der Waals surface area contributed by atoms with Gasteiger partial charge in [0.2, 0.25) is 0 Å². The maximum Gasteiger partial charge on any atom is 0.0209 e. The van der Waals surface area contributed by atoms with Crippen molar-refractivity contribution in [3.63, 3.8) is 0 Å². The fourth-order valence-corrected chi connectivity index (χ4v) is 3.43. The third kappa shape index (κ3) is 2.21. The van der Waals surface area contributed by atoms with Gasteiger partial charge in [-0.05, 0) is 32.1 Å². The second-order valence-corrected chi connectivity index (χ2v) is 5.71. The van der Waals surface area contributed by atoms with Gasteiger partial charge in [0.05, 0.1) is 0 Å². The summed E-state index contributed by atoms with van der Waals surface area (Å²) in [6.45, 7) is 2.69. The topological polar surface area (TPSA) is 15.3 Å². The van der Waals surface area contributed by atoms with Gasteiger partial charge in [-0.1, -0.05) is 19.3 Å². The lowest BCUT2D eigenvalue weighted by Gasteiger charge is -2.30. The molecular formula is C13H24N2. The molecular weight excluding hydrogens is 184 g/mol. The number of hydrogen-bond acceptors (Lipinski definition) is 2. The van der Waals surface area contributed by atoms with E-state index in [1.54, 1.807) is 0 Å². The van der Waals surface area contributed by atoms with Crippen LogP contribution in [0.3, 0.4) is 0 Å². The average molecular weight is 208 g/mol. The molecule has 1 atom stereocenters. The Bertz CT molecular complexity index is 207. The number of nitrogens with one attached hydrogen (secondary N) is 1. The Morgan fingerprint density at radius 2 is 1.60 bits per heavy atom. The fraction of sp³-hybridized carbons (Fsp3) is 1.00. The van der Waals surface area contributed by atoms with Crippen molar-refractivity contribution in [3.8, 4) is 0 Å². The zero-order chi connectivity index (χ0) is 10.1. The van der Waals surface area contributed by atoms with Crippen molar-refractivity contribution in [2.24, 2.45) is 0 Å². The third-order valence-electron chi connectivity index (χ3n) is 4.64. The summed E-state index contributed by atoms with van der Waals surface area (Å²) in [4.78, 5) is 2.75. The van der Waals surface area contributed by atoms with Gasteiger partial charge in [-0.2, -0.15) is 0 Å². The predicted octanol–water partition coefficient (Wildman–Crippen LogP) is 2.15. The number of likely N-dealkylation sites (tertiary alicyclic amines) is 1. The van der Waals surface area contributed by atoms with Gasteiger partial charge >= 0.3 is 0 Å². The highest BCUT2D eigenvalue weighted by Crippen LogP contribution is 2.27. The summed E-state index contributed by atoms with van der Waals surface area (Å²) in [6, 6.07) is 2.63. The Hall–Kier alpha value is -0.0800. The van der Waals surface area contributed by atoms with Crippen LogP contribution in [-0.4, -0.2) is 36.1 Å². The smallest absolute Gasteiger partial charge is 0.0209 e. The maximum atomic E-state index is 3.83. The predicted molar refractivity (Wildman–Crippen MR) is 63.0 cm³/mol. The summed E-state index contributed by atoms with van der Waals surface area (Å²) in [5.41, 5.74) is 0. The Labute approximate surface area is 93.4 Å². The molecule has 1 aliphatic heterocycles. The van der Waals surface area contributed by atoms with Gasteiger partial charge in [0, 0.05) is 31.2 Å². The van der Waals surface area contributed by atoms with Crippen LogP contribution in [0.4, 0.5) is 0 Å². The quantitative estimate of drug-likeness (QED) is 0.764. The first-order chi connectivity index (χ1) is 7.42. The van der Waals surface area contributed by atoms with E-state index in [-0.39, 0.29) is 0 Å². The van der Waals surface area contributed by atoms with Crippen LogP contribution in [0.2, 0.25) is 0 Å². The molecule has 1 N–H and O–H groups in total. The molecule has 0 aromatic rings. The number of rotatable bonds is 3. The summed E-state index contributed by atoms with van der Waals surface area (Å²) in [7, 11) is 0. The van der Waals surface area contributed by atoms with Crippen LogP contribution in [0.1, 0.15) is 51.4 Å². The second kappa shape index (κ2) is 4.42. The van der Waals surface area contributed by atoms with E-state index in [1.165, 1.54) is 64.5 Å². The molecule has 3 aliphatic rings. The van der Waals surface area contributed by atoms with Crippen molar-refractivity contribution >= 4 is 0 Å². The summed E-state index contributed by atoms with van der Waals surface area (Å²) in [5, 5.41) is 3.83. The summed E-state index contributed by atoms with van der Waals surface area (Å²) < 4.78 is 0. The molecule has 1 heterocycles. The maximum absolute atomic E-state index is 3.83. The van der Waals surface area contributed by atoms with Crippen LogP contribution < -0.4 is 5.32 Å². The van der Waals surface area contributed by atoms with Gasteiger partial charge in [0.15, 0.2) is 0 Å². The molecule has 2 aliphatic carbocycles. The van der Waals surface area contributed by atoms with E-state index in [0.29, 0.717) is 0 Å². The summed E-state index contributed by atoms with van der Waals surface area (Å²) in [5.74, 6) is 0. The molecule has 86 valence electrons. The molecule has 0 amide bonds. The van der Waals surface area contributed by atoms with Gasteiger partial charge in [0.25, 0.3) is 0 Å². The molecule has 0 aromatic heterocycles. The van der Waals surface area contributed by atoms with Crippen LogP contribution >= 0.6 is 0 Å². The van der Waals surface area contributed by atoms with Gasteiger partial charge in [0.1, 0.15) is 0 Å². The standard InChI is InChI=1S/C13H24N2/c1-2-7-13(6-1)15-9-8-12(10-15)14-11-4-3-5-11/h11-14H,1-10H2/t12-/m0/s1. The minimum atomic E-state index is 0.816. The molecule has 0 spiro atoms. The van der Waals surface area contributed by atoms with Gasteiger partial charge < -0.3 is 5.32 Å². The fourth-order valence-electron chi connectivity index (χ4n) is 3.43. The van der Waals surface area contributed by atoms with Crippen molar-refractivity contribution in [3.05, 3.63) is 0 Å². The van der Waals surface area contributed by atoms with Crippen molar-refractivity contribution in [2.45, 2.75) is 69.5 Å². The minimum absolute atomic E-state index is 0.816. The Morgan fingerprint density at radius 1 is 0.800 bits per heavy atom. The molecule has 0 bridgehead atoms. The van der Waals surface area contributed by atoms with Crippen LogP contribution in [0.25, 0.3) is 0 Å². The van der Waals surface area contributed by atoms with E-state index in [4.69, 9.17) is 0 Å². The normalized spacial score (nSPS) is 34.8. The minimum Gasteiger partial charge on any atom is -0.310 e. The van der Waals surface area contributed by atoms with Crippen LogP contribution in [0.5, 0.6) is 0 Å². The monoisotopic (exact) mass is 208 g/mol. The summed E-state index contributed by atoms with van der Waals surface area (Å²) >= 11 is 0. The third-order valence-corrected chi connectivity index (χ3v) is 4.64. The lowest BCUT2D eigenvalue weighted by Crippen LogP contribution is -2.44. The number of nitrogens with zero attached hydrogens (tertiary/aromatic N) is 1. The van der Waals surface area contributed by atoms with Gasteiger partial charge in [-0.25, -0.2) is 0 Å². The van der Waals surface area contributed by atoms with E-state index >= 15 is 0 Å². The molecule has 3 rings (SSSR count). The van der Waals surface area contributed by atoms with E-state index in [9.17, 15) is 0 Å². The lowest BCUT2D eigenvalue weighted by atomic mass is 9.92. The molecule has 2 nitrogen and oxygen atoms in total. The average Bonchev–Trinajstić information content (AvgIpc) is 2.82. The van der Waals surface area contributed by atoms with E-state index < -0.39 is 0 Å². The van der Waals surface area contributed by atoms with Crippen LogP contribution in [-0.2, 0) is 0 Å². The molecule has 3 fully saturated rings. The lowest BCUT2D eigenvalue weighted by molar-refractivity contribution is 0.231. The SMILES string of the molecule is C1CC(N[C@H]2CCN(C3CCCC3)C2)C1. The molecule has 0 radical (unpaired) electrons. The highest BCUT2D eigenvalue weighted by molar-refractivity contribution is 4.90. The largest absolute Gasteiger partial charge is 0.310 e. The molecule has 1 saturated heterocycles. The highest BCUT2D eigenvalue weighted by atomic mass is 15.2. The van der Waals surface area contributed by atoms with Gasteiger partial charge in [-0.15, -0.1) is 0 Å². The molecule has 0 aromatic carbocycles. The number of hydrogen-bond donors (Lipinski definition) is 1.